The Kier molecular flexibility index (Phi) is 38.9. The zero-order valence-electron chi connectivity index (χ0n) is 33.7. The van der Waals surface area contributed by atoms with E-state index < -0.39 is 6.10 Å². The van der Waals surface area contributed by atoms with Crippen LogP contribution in [0.15, 0.2) is 0 Å². The van der Waals surface area contributed by atoms with Crippen LogP contribution in [0.5, 0.6) is 0 Å². The van der Waals surface area contributed by atoms with Crippen molar-refractivity contribution in [2.45, 2.75) is 252 Å². The SMILES string of the molecule is CCCCCCCCCCCCCCCCCCC(=O)OC[C@@H](COC(=O)CCCCCCCCCCC)OC(=O)CCCCCCCCC. The summed E-state index contributed by atoms with van der Waals surface area (Å²) in [4.78, 5) is 37.4. The van der Waals surface area contributed by atoms with Crippen molar-refractivity contribution in [2.24, 2.45) is 0 Å². The third-order valence-electron chi connectivity index (χ3n) is 9.86. The molecule has 0 amide bonds. The molecule has 0 unspecified atom stereocenters. The van der Waals surface area contributed by atoms with Gasteiger partial charge in [-0.1, -0.05) is 207 Å². The maximum Gasteiger partial charge on any atom is 0.306 e. The second-order valence-electron chi connectivity index (χ2n) is 15.0. The second kappa shape index (κ2) is 40.2. The van der Waals surface area contributed by atoms with Crippen molar-refractivity contribution in [1.29, 1.82) is 0 Å². The number of rotatable bonds is 40. The minimum atomic E-state index is -0.756. The van der Waals surface area contributed by atoms with Gasteiger partial charge in [-0.15, -0.1) is 0 Å². The molecule has 0 aliphatic rings. The van der Waals surface area contributed by atoms with Crippen LogP contribution in [0.2, 0.25) is 0 Å². The van der Waals surface area contributed by atoms with E-state index in [0.29, 0.717) is 19.3 Å². The van der Waals surface area contributed by atoms with E-state index in [1.54, 1.807) is 0 Å². The molecule has 0 aromatic heterocycles. The van der Waals surface area contributed by atoms with E-state index in [1.807, 2.05) is 0 Å². The molecule has 0 saturated carbocycles. The molecule has 0 rings (SSSR count). The first-order valence-corrected chi connectivity index (χ1v) is 22.0. The predicted molar refractivity (Wildman–Crippen MR) is 210 cm³/mol. The lowest BCUT2D eigenvalue weighted by atomic mass is 10.0. The van der Waals surface area contributed by atoms with Crippen LogP contribution in [0.25, 0.3) is 0 Å². The van der Waals surface area contributed by atoms with Gasteiger partial charge in [0.15, 0.2) is 6.10 Å². The molecule has 0 N–H and O–H groups in total. The van der Waals surface area contributed by atoms with Crippen molar-refractivity contribution in [3.05, 3.63) is 0 Å². The number of ether oxygens (including phenoxy) is 3. The molecule has 50 heavy (non-hydrogen) atoms. The van der Waals surface area contributed by atoms with E-state index in [4.69, 9.17) is 14.2 Å². The van der Waals surface area contributed by atoms with Gasteiger partial charge < -0.3 is 14.2 Å². The summed E-state index contributed by atoms with van der Waals surface area (Å²) in [6.45, 7) is 6.59. The fourth-order valence-corrected chi connectivity index (χ4v) is 6.50. The average molecular weight is 709 g/mol. The molecule has 296 valence electrons. The van der Waals surface area contributed by atoms with Gasteiger partial charge in [0, 0.05) is 19.3 Å². The zero-order valence-corrected chi connectivity index (χ0v) is 33.7. The van der Waals surface area contributed by atoms with Gasteiger partial charge in [-0.3, -0.25) is 14.4 Å². The lowest BCUT2D eigenvalue weighted by Gasteiger charge is -2.18. The van der Waals surface area contributed by atoms with Gasteiger partial charge in [-0.2, -0.15) is 0 Å². The summed E-state index contributed by atoms with van der Waals surface area (Å²) in [6, 6.07) is 0. The van der Waals surface area contributed by atoms with Crippen LogP contribution in [-0.4, -0.2) is 37.2 Å². The normalized spacial score (nSPS) is 11.8. The molecule has 6 nitrogen and oxygen atoms in total. The van der Waals surface area contributed by atoms with Gasteiger partial charge in [0.25, 0.3) is 0 Å². The highest BCUT2D eigenvalue weighted by atomic mass is 16.6. The highest BCUT2D eigenvalue weighted by Gasteiger charge is 2.19. The summed E-state index contributed by atoms with van der Waals surface area (Å²) < 4.78 is 16.6. The Hall–Kier alpha value is -1.59. The van der Waals surface area contributed by atoms with E-state index in [0.717, 1.165) is 57.8 Å². The van der Waals surface area contributed by atoms with E-state index in [-0.39, 0.29) is 31.1 Å². The predicted octanol–water partition coefficient (Wildman–Crippen LogP) is 13.7. The van der Waals surface area contributed by atoms with Crippen LogP contribution in [0.3, 0.4) is 0 Å². The van der Waals surface area contributed by atoms with Gasteiger partial charge in [0.1, 0.15) is 13.2 Å². The van der Waals surface area contributed by atoms with E-state index >= 15 is 0 Å². The largest absolute Gasteiger partial charge is 0.462 e. The second-order valence-corrected chi connectivity index (χ2v) is 15.0. The molecule has 0 radical (unpaired) electrons. The number of hydrogen-bond acceptors (Lipinski definition) is 6. The molecular formula is C44H84O6. The van der Waals surface area contributed by atoms with Crippen LogP contribution in [0.1, 0.15) is 245 Å². The number of carbonyl (C=O) groups excluding carboxylic acids is 3. The smallest absolute Gasteiger partial charge is 0.306 e. The summed E-state index contributed by atoms with van der Waals surface area (Å²) in [6.07, 6.45) is 39.6. The summed E-state index contributed by atoms with van der Waals surface area (Å²) in [5, 5.41) is 0. The Balaban J connectivity index is 4.19. The number of unbranched alkanes of at least 4 members (excludes halogenated alkanes) is 29. The number of esters is 3. The Bertz CT molecular complexity index is 738. The summed E-state index contributed by atoms with van der Waals surface area (Å²) in [5.74, 6) is -0.863. The van der Waals surface area contributed by atoms with Gasteiger partial charge >= 0.3 is 17.9 Å². The Morgan fingerprint density at radius 3 is 0.800 bits per heavy atom. The minimum absolute atomic E-state index is 0.0637. The Morgan fingerprint density at radius 2 is 0.540 bits per heavy atom. The van der Waals surface area contributed by atoms with E-state index in [9.17, 15) is 14.4 Å². The van der Waals surface area contributed by atoms with Crippen LogP contribution in [-0.2, 0) is 28.6 Å². The molecule has 0 heterocycles. The lowest BCUT2D eigenvalue weighted by Crippen LogP contribution is -2.30. The van der Waals surface area contributed by atoms with Crippen molar-refractivity contribution < 1.29 is 28.6 Å². The Labute approximate surface area is 310 Å². The fourth-order valence-electron chi connectivity index (χ4n) is 6.50. The molecule has 0 fully saturated rings. The third-order valence-corrected chi connectivity index (χ3v) is 9.86. The van der Waals surface area contributed by atoms with Gasteiger partial charge in [-0.25, -0.2) is 0 Å². The highest BCUT2D eigenvalue weighted by molar-refractivity contribution is 5.71. The molecule has 0 aromatic carbocycles. The zero-order chi connectivity index (χ0) is 36.6. The van der Waals surface area contributed by atoms with Crippen molar-refractivity contribution in [1.82, 2.24) is 0 Å². The molecule has 0 spiro atoms. The third kappa shape index (κ3) is 37.7. The van der Waals surface area contributed by atoms with Gasteiger partial charge in [-0.05, 0) is 19.3 Å². The molecule has 6 heteroatoms. The molecule has 0 aliphatic carbocycles. The first-order valence-electron chi connectivity index (χ1n) is 22.0. The topological polar surface area (TPSA) is 78.9 Å². The average Bonchev–Trinajstić information content (AvgIpc) is 3.11. The van der Waals surface area contributed by atoms with Gasteiger partial charge in [0.2, 0.25) is 0 Å². The van der Waals surface area contributed by atoms with Crippen LogP contribution in [0.4, 0.5) is 0 Å². The molecule has 0 aliphatic heterocycles. The minimum Gasteiger partial charge on any atom is -0.462 e. The number of carbonyl (C=O) groups is 3. The first kappa shape index (κ1) is 48.4. The quantitative estimate of drug-likeness (QED) is 0.0358. The lowest BCUT2D eigenvalue weighted by molar-refractivity contribution is -0.167. The standard InChI is InChI=1S/C44H84O6/c1-4-7-10-13-16-18-19-20-21-22-23-24-26-29-31-34-37-43(46)49-40-41(50-44(47)38-35-32-27-15-12-9-6-3)39-48-42(45)36-33-30-28-25-17-14-11-8-5-2/h41H,4-40H2,1-3H3/t41-/m1/s1. The van der Waals surface area contributed by atoms with Crippen molar-refractivity contribution in [3.8, 4) is 0 Å². The highest BCUT2D eigenvalue weighted by Crippen LogP contribution is 2.15. The van der Waals surface area contributed by atoms with E-state index in [2.05, 4.69) is 20.8 Å². The van der Waals surface area contributed by atoms with Crippen LogP contribution < -0.4 is 0 Å². The maximum atomic E-state index is 12.6. The Morgan fingerprint density at radius 1 is 0.320 bits per heavy atom. The molecule has 0 saturated heterocycles. The monoisotopic (exact) mass is 709 g/mol. The van der Waals surface area contributed by atoms with Crippen molar-refractivity contribution in [3.63, 3.8) is 0 Å². The van der Waals surface area contributed by atoms with Gasteiger partial charge in [0.05, 0.1) is 0 Å². The summed E-state index contributed by atoms with van der Waals surface area (Å²) >= 11 is 0. The van der Waals surface area contributed by atoms with E-state index in [1.165, 1.54) is 148 Å². The molecule has 1 atom stereocenters. The summed E-state index contributed by atoms with van der Waals surface area (Å²) in [5.41, 5.74) is 0. The molecule has 0 aromatic rings. The van der Waals surface area contributed by atoms with Crippen LogP contribution in [0, 0.1) is 0 Å². The fraction of sp³-hybridized carbons (Fsp3) is 0.932. The van der Waals surface area contributed by atoms with Crippen molar-refractivity contribution >= 4 is 17.9 Å². The molecule has 0 bridgehead atoms. The summed E-state index contributed by atoms with van der Waals surface area (Å²) in [7, 11) is 0. The maximum absolute atomic E-state index is 12.6. The molecular weight excluding hydrogens is 624 g/mol. The first-order chi connectivity index (χ1) is 24.5. The number of hydrogen-bond donors (Lipinski definition) is 0. The van der Waals surface area contributed by atoms with Crippen LogP contribution >= 0.6 is 0 Å². The van der Waals surface area contributed by atoms with Crippen molar-refractivity contribution in [2.75, 3.05) is 13.2 Å².